The minimum Gasteiger partial charge on any atom is -0.393 e. The zero-order chi connectivity index (χ0) is 31.6. The van der Waals surface area contributed by atoms with Gasteiger partial charge in [0.2, 0.25) is 22.1 Å². The third-order valence-electron chi connectivity index (χ3n) is 6.57. The van der Waals surface area contributed by atoms with Crippen molar-refractivity contribution in [2.24, 2.45) is 5.92 Å². The van der Waals surface area contributed by atoms with E-state index in [1.54, 1.807) is 4.72 Å². The van der Waals surface area contributed by atoms with Crippen LogP contribution < -0.4 is 20.7 Å². The Balaban J connectivity index is 1.84. The standard InChI is InChI=1S/C24H35F4N7O6S2/c1-13(36)7-8-29-15-9-19(30-10-16(15)43(39,40)31-11-17(25)26)32-22(37)20(14-5-3-2-4-6-14)33-23(38)21-24(35-41-34-21)42-12-18(27)28/h9-10,13-14,17-18,20,22,31,36-37H,2-8,11-12H2,1H3,(H,33,38)(H2,29,30,32)/t13-,20+,22+/m1/s1. The summed E-state index contributed by atoms with van der Waals surface area (Å²) in [5.74, 6) is -1.63. The molecule has 242 valence electrons. The molecule has 0 spiro atoms. The predicted octanol–water partition coefficient (Wildman–Crippen LogP) is 2.66. The predicted molar refractivity (Wildman–Crippen MR) is 149 cm³/mol. The maximum absolute atomic E-state index is 13.1. The normalized spacial score (nSPS) is 16.7. The largest absolute Gasteiger partial charge is 0.393 e. The Labute approximate surface area is 250 Å². The number of thioether (sulfide) groups is 1. The first-order chi connectivity index (χ1) is 20.4. The average molecular weight is 658 g/mol. The maximum atomic E-state index is 13.1. The molecule has 0 radical (unpaired) electrons. The van der Waals surface area contributed by atoms with Crippen molar-refractivity contribution in [3.8, 4) is 0 Å². The zero-order valence-electron chi connectivity index (χ0n) is 23.2. The van der Waals surface area contributed by atoms with E-state index in [9.17, 15) is 41.0 Å². The van der Waals surface area contributed by atoms with E-state index in [1.807, 2.05) is 0 Å². The summed E-state index contributed by atoms with van der Waals surface area (Å²) >= 11 is 0.597. The second kappa shape index (κ2) is 16.4. The van der Waals surface area contributed by atoms with Crippen LogP contribution in [0.15, 0.2) is 26.8 Å². The van der Waals surface area contributed by atoms with Crippen LogP contribution in [-0.4, -0.2) is 89.9 Å². The maximum Gasteiger partial charge on any atom is 0.276 e. The molecule has 6 N–H and O–H groups in total. The molecule has 0 aliphatic heterocycles. The molecule has 2 heterocycles. The number of aromatic nitrogens is 3. The number of amides is 1. The molecule has 1 amide bonds. The van der Waals surface area contributed by atoms with Gasteiger partial charge in [-0.1, -0.05) is 31.0 Å². The highest BCUT2D eigenvalue weighted by Gasteiger charge is 2.33. The topological polar surface area (TPSA) is 192 Å². The van der Waals surface area contributed by atoms with Crippen molar-refractivity contribution in [1.82, 2.24) is 25.3 Å². The molecule has 0 bridgehead atoms. The Kier molecular flexibility index (Phi) is 13.2. The van der Waals surface area contributed by atoms with Gasteiger partial charge in [0.15, 0.2) is 5.03 Å². The number of pyridine rings is 1. The van der Waals surface area contributed by atoms with Crippen LogP contribution in [0.4, 0.5) is 29.1 Å². The van der Waals surface area contributed by atoms with Gasteiger partial charge >= 0.3 is 0 Å². The lowest BCUT2D eigenvalue weighted by Crippen LogP contribution is -2.52. The fraction of sp³-hybridized carbons (Fsp3) is 0.667. The number of hydrogen-bond donors (Lipinski definition) is 6. The van der Waals surface area contributed by atoms with Crippen LogP contribution >= 0.6 is 11.8 Å². The van der Waals surface area contributed by atoms with E-state index >= 15 is 0 Å². The minimum absolute atomic E-state index is 0.00815. The Hall–Kier alpha value is -2.74. The number of aliphatic hydroxyl groups is 2. The second-order valence-electron chi connectivity index (χ2n) is 9.98. The first kappa shape index (κ1) is 34.7. The molecule has 3 rings (SSSR count). The smallest absolute Gasteiger partial charge is 0.276 e. The summed E-state index contributed by atoms with van der Waals surface area (Å²) in [6.07, 6.45) is -2.58. The van der Waals surface area contributed by atoms with E-state index in [2.05, 4.69) is 35.9 Å². The van der Waals surface area contributed by atoms with E-state index < -0.39 is 64.3 Å². The van der Waals surface area contributed by atoms with Crippen LogP contribution in [0, 0.1) is 5.92 Å². The average Bonchev–Trinajstić information content (AvgIpc) is 3.43. The number of aliphatic hydroxyl groups excluding tert-OH is 2. The van der Waals surface area contributed by atoms with Crippen molar-refractivity contribution >= 4 is 39.2 Å². The summed E-state index contributed by atoms with van der Waals surface area (Å²) in [6.45, 7) is 0.550. The monoisotopic (exact) mass is 657 g/mol. The van der Waals surface area contributed by atoms with E-state index in [0.717, 1.165) is 25.5 Å². The van der Waals surface area contributed by atoms with Gasteiger partial charge in [-0.3, -0.25) is 4.79 Å². The van der Waals surface area contributed by atoms with Crippen LogP contribution in [0.5, 0.6) is 0 Å². The van der Waals surface area contributed by atoms with E-state index in [1.165, 1.54) is 13.0 Å². The molecule has 1 fully saturated rings. The summed E-state index contributed by atoms with van der Waals surface area (Å²) < 4.78 is 82.5. The lowest BCUT2D eigenvalue weighted by Gasteiger charge is -2.34. The molecule has 1 saturated carbocycles. The lowest BCUT2D eigenvalue weighted by molar-refractivity contribution is 0.0740. The van der Waals surface area contributed by atoms with Gasteiger partial charge in [0, 0.05) is 12.6 Å². The number of carbonyl (C=O) groups excluding carboxylic acids is 1. The zero-order valence-corrected chi connectivity index (χ0v) is 24.8. The van der Waals surface area contributed by atoms with Crippen molar-refractivity contribution in [2.75, 3.05) is 29.5 Å². The Morgan fingerprint density at radius 1 is 1.14 bits per heavy atom. The molecule has 0 saturated heterocycles. The minimum atomic E-state index is -4.41. The fourth-order valence-corrected chi connectivity index (χ4v) is 6.25. The van der Waals surface area contributed by atoms with Gasteiger partial charge in [0.25, 0.3) is 12.3 Å². The first-order valence-corrected chi connectivity index (χ1v) is 16.0. The van der Waals surface area contributed by atoms with Gasteiger partial charge in [-0.25, -0.2) is 40.3 Å². The Bertz CT molecular complexity index is 1280. The van der Waals surface area contributed by atoms with Crippen molar-refractivity contribution in [2.45, 2.75) is 86.6 Å². The number of halogens is 4. The number of hydrogen-bond acceptors (Lipinski definition) is 12. The molecule has 1 aliphatic rings. The molecule has 13 nitrogen and oxygen atoms in total. The number of anilines is 2. The third-order valence-corrected chi connectivity index (χ3v) is 8.98. The molecule has 19 heteroatoms. The van der Waals surface area contributed by atoms with Gasteiger partial charge in [0.1, 0.15) is 16.9 Å². The molecular weight excluding hydrogens is 622 g/mol. The van der Waals surface area contributed by atoms with Crippen LogP contribution in [-0.2, 0) is 10.0 Å². The molecule has 2 aromatic rings. The van der Waals surface area contributed by atoms with Crippen molar-refractivity contribution in [3.63, 3.8) is 0 Å². The molecule has 0 aromatic carbocycles. The molecule has 43 heavy (non-hydrogen) atoms. The van der Waals surface area contributed by atoms with E-state index in [0.29, 0.717) is 24.6 Å². The van der Waals surface area contributed by atoms with Crippen molar-refractivity contribution in [1.29, 1.82) is 0 Å². The molecule has 0 unspecified atom stereocenters. The van der Waals surface area contributed by atoms with Gasteiger partial charge in [-0.05, 0) is 42.4 Å². The molecule has 2 aromatic heterocycles. The molecule has 1 aliphatic carbocycles. The highest BCUT2D eigenvalue weighted by molar-refractivity contribution is 7.99. The quantitative estimate of drug-likeness (QED) is 0.0830. The van der Waals surface area contributed by atoms with E-state index in [-0.39, 0.29) is 41.1 Å². The van der Waals surface area contributed by atoms with Crippen LogP contribution in [0.2, 0.25) is 0 Å². The number of sulfonamides is 1. The van der Waals surface area contributed by atoms with Crippen LogP contribution in [0.3, 0.4) is 0 Å². The highest BCUT2D eigenvalue weighted by Crippen LogP contribution is 2.30. The lowest BCUT2D eigenvalue weighted by atomic mass is 9.83. The third kappa shape index (κ3) is 10.7. The van der Waals surface area contributed by atoms with E-state index in [4.69, 9.17) is 0 Å². The number of alkyl halides is 4. The summed E-state index contributed by atoms with van der Waals surface area (Å²) in [4.78, 5) is 16.7. The fourth-order valence-electron chi connectivity index (χ4n) is 4.50. The highest BCUT2D eigenvalue weighted by atomic mass is 32.2. The summed E-state index contributed by atoms with van der Waals surface area (Å²) in [5, 5.41) is 36.0. The van der Waals surface area contributed by atoms with Crippen LogP contribution in [0.25, 0.3) is 0 Å². The van der Waals surface area contributed by atoms with Gasteiger partial charge in [-0.2, -0.15) is 0 Å². The summed E-state index contributed by atoms with van der Waals surface area (Å²) in [6, 6.07) is 0.338. The van der Waals surface area contributed by atoms with Crippen LogP contribution in [0.1, 0.15) is 55.9 Å². The first-order valence-electron chi connectivity index (χ1n) is 13.6. The second-order valence-corrected chi connectivity index (χ2v) is 12.7. The SMILES string of the molecule is C[C@@H](O)CCNc1cc(N[C@@H](O)[C@@H](NC(=O)c2nonc2SCC(F)F)C2CCCCC2)ncc1S(=O)(=O)NCC(F)F. The summed E-state index contributed by atoms with van der Waals surface area (Å²) in [7, 11) is -4.41. The Morgan fingerprint density at radius 2 is 1.86 bits per heavy atom. The molecule has 3 atom stereocenters. The van der Waals surface area contributed by atoms with Crippen molar-refractivity contribution in [3.05, 3.63) is 18.0 Å². The molecular formula is C24H35F4N7O6S2. The number of rotatable bonds is 17. The number of nitrogens with zero attached hydrogens (tertiary/aromatic N) is 3. The Morgan fingerprint density at radius 3 is 2.51 bits per heavy atom. The summed E-state index contributed by atoms with van der Waals surface area (Å²) in [5.41, 5.74) is -0.341. The number of carbonyl (C=O) groups is 1. The number of nitrogens with one attached hydrogen (secondary N) is 4. The van der Waals surface area contributed by atoms with Gasteiger partial charge in [0.05, 0.1) is 36.3 Å². The van der Waals surface area contributed by atoms with Gasteiger partial charge < -0.3 is 26.2 Å². The van der Waals surface area contributed by atoms with Crippen molar-refractivity contribution < 1.29 is 45.6 Å². The van der Waals surface area contributed by atoms with Gasteiger partial charge in [-0.15, -0.1) is 0 Å².